The van der Waals surface area contributed by atoms with Crippen LogP contribution in [0.5, 0.6) is 0 Å². The monoisotopic (exact) mass is 182 g/mol. The van der Waals surface area contributed by atoms with Gasteiger partial charge in [-0.2, -0.15) is 0 Å². The SMILES string of the molecule is CC1(C(=O)O)C(=O)CC12CCCC2. The molecule has 0 heterocycles. The lowest BCUT2D eigenvalue weighted by Gasteiger charge is -2.51. The van der Waals surface area contributed by atoms with Gasteiger partial charge in [0, 0.05) is 11.8 Å². The van der Waals surface area contributed by atoms with Crippen LogP contribution >= 0.6 is 0 Å². The molecule has 1 atom stereocenters. The van der Waals surface area contributed by atoms with E-state index in [0.717, 1.165) is 25.7 Å². The fraction of sp³-hybridized carbons (Fsp3) is 0.800. The smallest absolute Gasteiger partial charge is 0.317 e. The summed E-state index contributed by atoms with van der Waals surface area (Å²) in [6.45, 7) is 1.60. The summed E-state index contributed by atoms with van der Waals surface area (Å²) in [7, 11) is 0. The molecular weight excluding hydrogens is 168 g/mol. The molecule has 0 aliphatic heterocycles. The van der Waals surface area contributed by atoms with Gasteiger partial charge in [-0.15, -0.1) is 0 Å². The summed E-state index contributed by atoms with van der Waals surface area (Å²) in [5.74, 6) is -1.01. The van der Waals surface area contributed by atoms with E-state index in [-0.39, 0.29) is 11.2 Å². The zero-order valence-corrected chi connectivity index (χ0v) is 7.80. The Balaban J connectivity index is 2.34. The van der Waals surface area contributed by atoms with Crippen molar-refractivity contribution in [3.8, 4) is 0 Å². The minimum absolute atomic E-state index is 0.0816. The summed E-state index contributed by atoms with van der Waals surface area (Å²) in [6, 6.07) is 0. The van der Waals surface area contributed by atoms with Crippen molar-refractivity contribution < 1.29 is 14.7 Å². The molecule has 2 fully saturated rings. The first-order valence-corrected chi connectivity index (χ1v) is 4.80. The molecule has 72 valence electrons. The van der Waals surface area contributed by atoms with Gasteiger partial charge < -0.3 is 5.11 Å². The van der Waals surface area contributed by atoms with Crippen LogP contribution < -0.4 is 0 Å². The zero-order valence-electron chi connectivity index (χ0n) is 7.80. The van der Waals surface area contributed by atoms with Crippen molar-refractivity contribution in [2.75, 3.05) is 0 Å². The molecule has 3 heteroatoms. The average Bonchev–Trinajstić information content (AvgIpc) is 2.54. The number of aliphatic carboxylic acids is 1. The van der Waals surface area contributed by atoms with E-state index in [4.69, 9.17) is 5.11 Å². The number of hydrogen-bond acceptors (Lipinski definition) is 2. The molecule has 1 N–H and O–H groups in total. The van der Waals surface area contributed by atoms with Crippen molar-refractivity contribution in [1.29, 1.82) is 0 Å². The molecule has 3 nitrogen and oxygen atoms in total. The van der Waals surface area contributed by atoms with Gasteiger partial charge in [0.25, 0.3) is 0 Å². The molecule has 0 radical (unpaired) electrons. The predicted molar refractivity (Wildman–Crippen MR) is 46.3 cm³/mol. The van der Waals surface area contributed by atoms with Gasteiger partial charge in [-0.05, 0) is 19.8 Å². The number of carboxylic acids is 1. The van der Waals surface area contributed by atoms with Gasteiger partial charge in [-0.25, -0.2) is 0 Å². The molecule has 0 saturated heterocycles. The van der Waals surface area contributed by atoms with E-state index in [1.807, 2.05) is 0 Å². The number of hydrogen-bond donors (Lipinski definition) is 1. The topological polar surface area (TPSA) is 54.4 Å². The van der Waals surface area contributed by atoms with E-state index in [0.29, 0.717) is 6.42 Å². The number of Topliss-reactive ketones (excluding diaryl/α,β-unsaturated/α-hetero) is 1. The highest BCUT2D eigenvalue weighted by molar-refractivity contribution is 6.09. The molecule has 0 aromatic carbocycles. The Labute approximate surface area is 77.1 Å². The Morgan fingerprint density at radius 2 is 1.92 bits per heavy atom. The Hall–Kier alpha value is -0.860. The summed E-state index contributed by atoms with van der Waals surface area (Å²) >= 11 is 0. The molecule has 2 aliphatic rings. The third kappa shape index (κ3) is 0.798. The van der Waals surface area contributed by atoms with Crippen LogP contribution in [0.3, 0.4) is 0 Å². The number of ketones is 1. The Bertz CT molecular complexity index is 266. The fourth-order valence-electron chi connectivity index (χ4n) is 2.92. The van der Waals surface area contributed by atoms with Crippen molar-refractivity contribution in [3.05, 3.63) is 0 Å². The summed E-state index contributed by atoms with van der Waals surface area (Å²) in [4.78, 5) is 22.4. The molecule has 0 bridgehead atoms. The van der Waals surface area contributed by atoms with Gasteiger partial charge in [0.2, 0.25) is 0 Å². The second kappa shape index (κ2) is 2.34. The molecule has 1 unspecified atom stereocenters. The lowest BCUT2D eigenvalue weighted by Crippen LogP contribution is -2.60. The number of rotatable bonds is 1. The maximum absolute atomic E-state index is 11.4. The van der Waals surface area contributed by atoms with Crippen LogP contribution in [0.4, 0.5) is 0 Å². The van der Waals surface area contributed by atoms with Crippen molar-refractivity contribution >= 4 is 11.8 Å². The second-order valence-corrected chi connectivity index (χ2v) is 4.52. The molecule has 1 spiro atoms. The van der Waals surface area contributed by atoms with E-state index in [9.17, 15) is 9.59 Å². The minimum Gasteiger partial charge on any atom is -0.480 e. The van der Waals surface area contributed by atoms with Crippen LogP contribution in [0.15, 0.2) is 0 Å². The number of carboxylic acid groups (broad SMARTS) is 1. The van der Waals surface area contributed by atoms with Crippen molar-refractivity contribution in [1.82, 2.24) is 0 Å². The summed E-state index contributed by atoms with van der Waals surface area (Å²) in [5, 5.41) is 9.07. The van der Waals surface area contributed by atoms with Gasteiger partial charge in [0.15, 0.2) is 5.78 Å². The third-order valence-electron chi connectivity index (χ3n) is 4.11. The number of carbonyl (C=O) groups is 2. The van der Waals surface area contributed by atoms with E-state index in [1.54, 1.807) is 6.92 Å². The summed E-state index contributed by atoms with van der Waals surface area (Å²) in [5.41, 5.74) is -1.25. The normalized spacial score (nSPS) is 36.2. The van der Waals surface area contributed by atoms with Crippen LogP contribution in [0.1, 0.15) is 39.0 Å². The van der Waals surface area contributed by atoms with E-state index in [1.165, 1.54) is 0 Å². The van der Waals surface area contributed by atoms with E-state index >= 15 is 0 Å². The summed E-state index contributed by atoms with van der Waals surface area (Å²) < 4.78 is 0. The highest BCUT2D eigenvalue weighted by atomic mass is 16.4. The fourth-order valence-corrected chi connectivity index (χ4v) is 2.92. The van der Waals surface area contributed by atoms with Gasteiger partial charge in [0.1, 0.15) is 5.41 Å². The highest BCUT2D eigenvalue weighted by Gasteiger charge is 2.67. The first-order chi connectivity index (χ1) is 6.03. The molecular formula is C10H14O3. The largest absolute Gasteiger partial charge is 0.480 e. The van der Waals surface area contributed by atoms with Crippen molar-refractivity contribution in [2.45, 2.75) is 39.0 Å². The third-order valence-corrected chi connectivity index (χ3v) is 4.11. The second-order valence-electron chi connectivity index (χ2n) is 4.52. The maximum atomic E-state index is 11.4. The summed E-state index contributed by atoms with van der Waals surface area (Å²) in [6.07, 6.45) is 4.49. The van der Waals surface area contributed by atoms with Crippen LogP contribution in [-0.4, -0.2) is 16.9 Å². The minimum atomic E-state index is -1.07. The van der Waals surface area contributed by atoms with Gasteiger partial charge >= 0.3 is 5.97 Å². The van der Waals surface area contributed by atoms with Crippen LogP contribution in [0, 0.1) is 10.8 Å². The van der Waals surface area contributed by atoms with Crippen LogP contribution in [0.25, 0.3) is 0 Å². The first-order valence-electron chi connectivity index (χ1n) is 4.80. The predicted octanol–water partition coefficient (Wildman–Crippen LogP) is 1.61. The standard InChI is InChI=1S/C10H14O3/c1-9(8(12)13)7(11)6-10(9)4-2-3-5-10/h2-6H2,1H3,(H,12,13). The Morgan fingerprint density at radius 3 is 2.31 bits per heavy atom. The molecule has 0 amide bonds. The first kappa shape index (κ1) is 8.73. The molecule has 2 saturated carbocycles. The van der Waals surface area contributed by atoms with Gasteiger partial charge in [-0.3, -0.25) is 9.59 Å². The Kier molecular flexibility index (Phi) is 1.57. The lowest BCUT2D eigenvalue weighted by atomic mass is 9.48. The molecule has 0 aromatic heterocycles. The zero-order chi connectivity index (χ0) is 9.69. The van der Waals surface area contributed by atoms with Crippen molar-refractivity contribution in [3.63, 3.8) is 0 Å². The Morgan fingerprint density at radius 1 is 1.38 bits per heavy atom. The van der Waals surface area contributed by atoms with Gasteiger partial charge in [0.05, 0.1) is 0 Å². The number of carbonyl (C=O) groups excluding carboxylic acids is 1. The van der Waals surface area contributed by atoms with Crippen molar-refractivity contribution in [2.24, 2.45) is 10.8 Å². The van der Waals surface area contributed by atoms with E-state index in [2.05, 4.69) is 0 Å². The molecule has 2 aliphatic carbocycles. The highest BCUT2D eigenvalue weighted by Crippen LogP contribution is 2.62. The lowest BCUT2D eigenvalue weighted by molar-refractivity contribution is -0.178. The molecule has 0 aromatic rings. The van der Waals surface area contributed by atoms with Crippen LogP contribution in [0.2, 0.25) is 0 Å². The maximum Gasteiger partial charge on any atom is 0.317 e. The van der Waals surface area contributed by atoms with Crippen LogP contribution in [-0.2, 0) is 9.59 Å². The average molecular weight is 182 g/mol. The molecule has 2 rings (SSSR count). The quantitative estimate of drug-likeness (QED) is 0.627. The molecule has 13 heavy (non-hydrogen) atoms. The van der Waals surface area contributed by atoms with Gasteiger partial charge in [-0.1, -0.05) is 12.8 Å². The van der Waals surface area contributed by atoms with E-state index < -0.39 is 11.4 Å².